The topological polar surface area (TPSA) is 26.3 Å². The van der Waals surface area contributed by atoms with Crippen LogP contribution in [0.4, 0.5) is 0 Å². The molecule has 0 spiro atoms. The summed E-state index contributed by atoms with van der Waals surface area (Å²) in [7, 11) is 0. The summed E-state index contributed by atoms with van der Waals surface area (Å²) < 4.78 is 6.84. The summed E-state index contributed by atoms with van der Waals surface area (Å²) in [6.07, 6.45) is 4.97. The van der Waals surface area contributed by atoms with Gasteiger partial charge in [0.2, 0.25) is 0 Å². The monoisotopic (exact) mass is 296 g/mol. The van der Waals surface area contributed by atoms with Crippen molar-refractivity contribution in [1.82, 2.24) is 0 Å². The SMILES string of the molecule is O=C1OC2CCCCC2C1[Se]c1ccccc1. The van der Waals surface area contributed by atoms with E-state index in [4.69, 9.17) is 4.74 Å². The molecule has 1 aliphatic heterocycles. The summed E-state index contributed by atoms with van der Waals surface area (Å²) in [5.74, 6) is 0.558. The van der Waals surface area contributed by atoms with Crippen molar-refractivity contribution in [3.8, 4) is 0 Å². The van der Waals surface area contributed by atoms with Gasteiger partial charge in [-0.3, -0.25) is 0 Å². The van der Waals surface area contributed by atoms with Crippen LogP contribution in [0, 0.1) is 5.92 Å². The van der Waals surface area contributed by atoms with Crippen LogP contribution in [0.25, 0.3) is 0 Å². The zero-order chi connectivity index (χ0) is 11.7. The Bertz CT molecular complexity index is 404. The average molecular weight is 295 g/mol. The average Bonchev–Trinajstić information content (AvgIpc) is 2.68. The second kappa shape index (κ2) is 4.83. The summed E-state index contributed by atoms with van der Waals surface area (Å²) in [6, 6.07) is 10.4. The molecule has 3 unspecified atom stereocenters. The molecule has 0 radical (unpaired) electrons. The Hall–Kier alpha value is -0.791. The van der Waals surface area contributed by atoms with Gasteiger partial charge in [-0.25, -0.2) is 0 Å². The van der Waals surface area contributed by atoms with Gasteiger partial charge in [0.1, 0.15) is 0 Å². The minimum absolute atomic E-state index is 0.0609. The molecule has 1 aliphatic carbocycles. The first-order chi connectivity index (χ1) is 8.34. The number of esters is 1. The van der Waals surface area contributed by atoms with Crippen molar-refractivity contribution in [1.29, 1.82) is 0 Å². The van der Waals surface area contributed by atoms with E-state index in [0.29, 0.717) is 5.92 Å². The predicted molar refractivity (Wildman–Crippen MR) is 67.4 cm³/mol. The molecule has 1 saturated heterocycles. The molecule has 0 aromatic heterocycles. The van der Waals surface area contributed by atoms with Crippen LogP contribution in [-0.2, 0) is 9.53 Å². The standard InChI is InChI=1S/C14H16O2Se/c15-14-13(17-10-6-2-1-3-7-10)11-8-4-5-9-12(11)16-14/h1-3,6-7,11-13H,4-5,8-9H2. The first kappa shape index (κ1) is 11.3. The number of benzene rings is 1. The molecule has 0 bridgehead atoms. The third kappa shape index (κ3) is 2.27. The molecule has 2 nitrogen and oxygen atoms in total. The fourth-order valence-corrected chi connectivity index (χ4v) is 5.40. The van der Waals surface area contributed by atoms with E-state index < -0.39 is 0 Å². The molecule has 3 heteroatoms. The van der Waals surface area contributed by atoms with Crippen LogP contribution in [0.5, 0.6) is 0 Å². The number of carbonyl (C=O) groups excluding carboxylic acids is 1. The summed E-state index contributed by atoms with van der Waals surface area (Å²) in [4.78, 5) is 12.1. The van der Waals surface area contributed by atoms with Crippen molar-refractivity contribution in [3.63, 3.8) is 0 Å². The molecule has 2 aliphatic rings. The Labute approximate surface area is 108 Å². The molecule has 1 aromatic carbocycles. The van der Waals surface area contributed by atoms with Gasteiger partial charge in [-0.2, -0.15) is 0 Å². The molecule has 90 valence electrons. The van der Waals surface area contributed by atoms with Crippen LogP contribution in [0.3, 0.4) is 0 Å². The second-order valence-corrected chi connectivity index (χ2v) is 7.32. The third-order valence-corrected chi connectivity index (χ3v) is 6.46. The van der Waals surface area contributed by atoms with E-state index in [2.05, 4.69) is 24.3 Å². The van der Waals surface area contributed by atoms with Crippen molar-refractivity contribution in [2.24, 2.45) is 5.92 Å². The first-order valence-corrected chi connectivity index (χ1v) is 8.11. The van der Waals surface area contributed by atoms with Gasteiger partial charge in [0, 0.05) is 0 Å². The van der Waals surface area contributed by atoms with Gasteiger partial charge in [0.05, 0.1) is 0 Å². The summed E-state index contributed by atoms with van der Waals surface area (Å²) >= 11 is 0.231. The number of hydrogen-bond donors (Lipinski definition) is 0. The van der Waals surface area contributed by atoms with E-state index in [9.17, 15) is 4.79 Å². The maximum atomic E-state index is 11.9. The van der Waals surface area contributed by atoms with Crippen molar-refractivity contribution >= 4 is 25.4 Å². The van der Waals surface area contributed by atoms with Crippen LogP contribution in [0.2, 0.25) is 4.82 Å². The Morgan fingerprint density at radius 1 is 1.12 bits per heavy atom. The van der Waals surface area contributed by atoms with Crippen LogP contribution < -0.4 is 4.46 Å². The molecular formula is C14H16O2Se. The van der Waals surface area contributed by atoms with Crippen molar-refractivity contribution in [2.75, 3.05) is 0 Å². The van der Waals surface area contributed by atoms with E-state index >= 15 is 0 Å². The van der Waals surface area contributed by atoms with Gasteiger partial charge in [-0.05, 0) is 0 Å². The first-order valence-electron chi connectivity index (χ1n) is 6.27. The third-order valence-electron chi connectivity index (χ3n) is 3.65. The van der Waals surface area contributed by atoms with Gasteiger partial charge >= 0.3 is 108 Å². The number of fused-ring (bicyclic) bond motifs is 1. The number of ether oxygens (including phenoxy) is 1. The molecular weight excluding hydrogens is 279 g/mol. The number of hydrogen-bond acceptors (Lipinski definition) is 2. The van der Waals surface area contributed by atoms with Crippen LogP contribution in [0.15, 0.2) is 30.3 Å². The molecule has 3 rings (SSSR count). The molecule has 2 fully saturated rings. The van der Waals surface area contributed by atoms with Crippen molar-refractivity contribution < 1.29 is 9.53 Å². The van der Waals surface area contributed by atoms with Gasteiger partial charge in [-0.1, -0.05) is 0 Å². The molecule has 1 aromatic rings. The van der Waals surface area contributed by atoms with Gasteiger partial charge in [0.25, 0.3) is 0 Å². The zero-order valence-electron chi connectivity index (χ0n) is 9.67. The summed E-state index contributed by atoms with van der Waals surface area (Å²) in [5.41, 5.74) is 0. The van der Waals surface area contributed by atoms with Crippen LogP contribution in [0.1, 0.15) is 25.7 Å². The number of carbonyl (C=O) groups is 1. The molecule has 1 saturated carbocycles. The Morgan fingerprint density at radius 3 is 2.71 bits per heavy atom. The van der Waals surface area contributed by atoms with Crippen molar-refractivity contribution in [3.05, 3.63) is 30.3 Å². The van der Waals surface area contributed by atoms with E-state index in [1.54, 1.807) is 0 Å². The predicted octanol–water partition coefficient (Wildman–Crippen LogP) is 1.92. The van der Waals surface area contributed by atoms with Crippen LogP contribution in [-0.4, -0.2) is 27.0 Å². The second-order valence-electron chi connectivity index (χ2n) is 4.78. The minimum atomic E-state index is 0.0609. The molecule has 17 heavy (non-hydrogen) atoms. The Kier molecular flexibility index (Phi) is 3.21. The Morgan fingerprint density at radius 2 is 1.88 bits per heavy atom. The molecule has 0 N–H and O–H groups in total. The quantitative estimate of drug-likeness (QED) is 0.615. The normalized spacial score (nSPS) is 32.0. The number of rotatable bonds is 2. The van der Waals surface area contributed by atoms with Crippen molar-refractivity contribution in [2.45, 2.75) is 36.6 Å². The molecule has 3 atom stereocenters. The fraction of sp³-hybridized carbons (Fsp3) is 0.500. The van der Waals surface area contributed by atoms with Gasteiger partial charge in [0.15, 0.2) is 0 Å². The van der Waals surface area contributed by atoms with Gasteiger partial charge in [-0.15, -0.1) is 0 Å². The molecule has 1 heterocycles. The zero-order valence-corrected chi connectivity index (χ0v) is 11.4. The van der Waals surface area contributed by atoms with Crippen LogP contribution >= 0.6 is 0 Å². The van der Waals surface area contributed by atoms with E-state index in [1.807, 2.05) is 6.07 Å². The van der Waals surface area contributed by atoms with E-state index in [0.717, 1.165) is 6.42 Å². The fourth-order valence-electron chi connectivity index (χ4n) is 2.79. The summed E-state index contributed by atoms with van der Waals surface area (Å²) in [6.45, 7) is 0. The van der Waals surface area contributed by atoms with E-state index in [-0.39, 0.29) is 31.8 Å². The molecule has 0 amide bonds. The summed E-state index contributed by atoms with van der Waals surface area (Å²) in [5, 5.41) is 0. The Balaban J connectivity index is 1.76. The van der Waals surface area contributed by atoms with E-state index in [1.165, 1.54) is 23.7 Å². The van der Waals surface area contributed by atoms with Gasteiger partial charge < -0.3 is 0 Å². The maximum absolute atomic E-state index is 11.9.